The van der Waals surface area contributed by atoms with Gasteiger partial charge in [0.1, 0.15) is 17.9 Å². The van der Waals surface area contributed by atoms with E-state index in [4.69, 9.17) is 0 Å². The zero-order chi connectivity index (χ0) is 36.5. The van der Waals surface area contributed by atoms with E-state index in [9.17, 15) is 32.7 Å². The predicted molar refractivity (Wildman–Crippen MR) is 183 cm³/mol. The number of aliphatic hydroxyl groups is 1. The molecule has 2 aliphatic rings. The minimum atomic E-state index is -4.54. The number of nitrogens with one attached hydrogen (secondary N) is 3. The molecule has 3 amide bonds. The van der Waals surface area contributed by atoms with E-state index in [2.05, 4.69) is 37.8 Å². The number of piperazine rings is 1. The Labute approximate surface area is 284 Å². The van der Waals surface area contributed by atoms with E-state index in [1.165, 1.54) is 27.1 Å². The van der Waals surface area contributed by atoms with E-state index in [0.717, 1.165) is 36.4 Å². The Hall–Kier alpha value is -4.89. The summed E-state index contributed by atoms with van der Waals surface area (Å²) in [6.45, 7) is 8.90. The number of carbonyl (C=O) groups is 3. The van der Waals surface area contributed by atoms with Crippen LogP contribution in [0.25, 0.3) is 0 Å². The van der Waals surface area contributed by atoms with Crippen molar-refractivity contribution in [2.24, 2.45) is 21.0 Å². The molecule has 1 aliphatic heterocycles. The van der Waals surface area contributed by atoms with Crippen LogP contribution >= 0.6 is 0 Å². The van der Waals surface area contributed by atoms with Crippen LogP contribution in [-0.2, 0) is 20.6 Å². The summed E-state index contributed by atoms with van der Waals surface area (Å²) < 4.78 is 39.6. The van der Waals surface area contributed by atoms with Crippen LogP contribution in [0.4, 0.5) is 18.9 Å². The van der Waals surface area contributed by atoms with Gasteiger partial charge in [-0.3, -0.25) is 19.4 Å². The number of amides is 3. The van der Waals surface area contributed by atoms with Gasteiger partial charge in [0.15, 0.2) is 11.6 Å². The lowest BCUT2D eigenvalue weighted by atomic mass is 9.84. The highest BCUT2D eigenvalue weighted by Crippen LogP contribution is 2.32. The third kappa shape index (κ3) is 9.38. The second kappa shape index (κ2) is 17.0. The average Bonchev–Trinajstić information content (AvgIpc) is 3.05. The van der Waals surface area contributed by atoms with E-state index in [1.54, 1.807) is 18.9 Å². The molecule has 268 valence electrons. The highest BCUT2D eigenvalue weighted by atomic mass is 19.4. The van der Waals surface area contributed by atoms with Gasteiger partial charge in [0.05, 0.1) is 11.3 Å². The second-order valence-electron chi connectivity index (χ2n) is 11.7. The first kappa shape index (κ1) is 38.6. The number of hydrazone groups is 1. The Bertz CT molecular complexity index is 1530. The molecule has 0 atom stereocenters. The summed E-state index contributed by atoms with van der Waals surface area (Å²) in [6.07, 6.45) is -1.55. The van der Waals surface area contributed by atoms with Crippen molar-refractivity contribution < 1.29 is 32.7 Å². The van der Waals surface area contributed by atoms with Gasteiger partial charge in [-0.1, -0.05) is 13.3 Å². The second-order valence-corrected chi connectivity index (χ2v) is 11.7. The Balaban J connectivity index is 1.92. The van der Waals surface area contributed by atoms with Crippen molar-refractivity contribution in [3.05, 3.63) is 52.2 Å². The predicted octanol–water partition coefficient (Wildman–Crippen LogP) is 3.66. The van der Waals surface area contributed by atoms with Crippen LogP contribution in [0.3, 0.4) is 0 Å². The monoisotopic (exact) mass is 689 g/mol. The number of rotatable bonds is 12. The molecular formula is C33H46F3N9O4. The molecule has 2 fully saturated rings. The highest BCUT2D eigenvalue weighted by Gasteiger charge is 2.34. The van der Waals surface area contributed by atoms with Gasteiger partial charge in [-0.2, -0.15) is 18.3 Å². The number of aryl methyl sites for hydroxylation is 1. The lowest BCUT2D eigenvalue weighted by Gasteiger charge is -2.38. The number of hydrogen-bond acceptors (Lipinski definition) is 9. The van der Waals surface area contributed by atoms with Gasteiger partial charge in [-0.05, 0) is 63.6 Å². The molecule has 1 saturated carbocycles. The SMILES string of the molecule is C=N/C(=N\N(CC(=O)Nc1ccc(C(F)(F)F)cc1C)C(=O)/C(=C(/CC)NC)N1CCN(C(=O)/C(NC)=C(\O)C(C)=NC)CC1)C1CCC1. The average molecular weight is 690 g/mol. The maximum absolute atomic E-state index is 14.4. The van der Waals surface area contributed by atoms with Gasteiger partial charge in [-0.15, -0.1) is 0 Å². The summed E-state index contributed by atoms with van der Waals surface area (Å²) in [5.74, 6) is -1.68. The number of nitrogens with zero attached hydrogens (tertiary/aromatic N) is 6. The number of aliphatic hydroxyl groups excluding tert-OH is 1. The number of halogens is 3. The topological polar surface area (TPSA) is 154 Å². The largest absolute Gasteiger partial charge is 0.504 e. The normalized spacial score (nSPS) is 17.0. The molecule has 0 aromatic heterocycles. The highest BCUT2D eigenvalue weighted by molar-refractivity contribution is 6.05. The summed E-state index contributed by atoms with van der Waals surface area (Å²) in [5, 5.41) is 24.5. The number of amidine groups is 1. The van der Waals surface area contributed by atoms with Crippen molar-refractivity contribution in [1.29, 1.82) is 0 Å². The lowest BCUT2D eigenvalue weighted by molar-refractivity contribution is -0.137. The summed E-state index contributed by atoms with van der Waals surface area (Å²) in [4.78, 5) is 52.5. The van der Waals surface area contributed by atoms with Crippen molar-refractivity contribution >= 4 is 41.7 Å². The molecule has 0 unspecified atom stereocenters. The quantitative estimate of drug-likeness (QED) is 0.0859. The number of hydrogen-bond donors (Lipinski definition) is 4. The molecule has 3 rings (SSSR count). The van der Waals surface area contributed by atoms with Crippen molar-refractivity contribution in [2.75, 3.05) is 59.2 Å². The van der Waals surface area contributed by atoms with Gasteiger partial charge < -0.3 is 30.9 Å². The zero-order valence-electron chi connectivity index (χ0n) is 28.9. The van der Waals surface area contributed by atoms with Gasteiger partial charge in [0.25, 0.3) is 11.8 Å². The van der Waals surface area contributed by atoms with Crippen LogP contribution in [-0.4, -0.2) is 110 Å². The Morgan fingerprint density at radius 3 is 2.18 bits per heavy atom. The van der Waals surface area contributed by atoms with Gasteiger partial charge in [0.2, 0.25) is 5.91 Å². The Morgan fingerprint density at radius 2 is 1.71 bits per heavy atom. The van der Waals surface area contributed by atoms with Crippen molar-refractivity contribution in [1.82, 2.24) is 25.4 Å². The van der Waals surface area contributed by atoms with E-state index >= 15 is 0 Å². The molecule has 1 aliphatic carbocycles. The number of aliphatic imine (C=N–C) groups is 2. The minimum Gasteiger partial charge on any atom is -0.504 e. The molecule has 1 aromatic carbocycles. The summed E-state index contributed by atoms with van der Waals surface area (Å²) in [7, 11) is 4.71. The third-order valence-corrected chi connectivity index (χ3v) is 8.62. The molecular weight excluding hydrogens is 643 g/mol. The molecule has 1 heterocycles. The van der Waals surface area contributed by atoms with Crippen molar-refractivity contribution in [3.63, 3.8) is 0 Å². The number of carbonyl (C=O) groups excluding carboxylic acids is 3. The third-order valence-electron chi connectivity index (χ3n) is 8.62. The number of allylic oxidation sites excluding steroid dienone is 2. The zero-order valence-corrected chi connectivity index (χ0v) is 28.9. The molecule has 0 radical (unpaired) electrons. The summed E-state index contributed by atoms with van der Waals surface area (Å²) in [6, 6.07) is 2.98. The smallest absolute Gasteiger partial charge is 0.416 e. The first-order chi connectivity index (χ1) is 23.2. The standard InChI is InChI=1S/C33H46F3N9O4/c1-8-24(38-5)28(43-14-16-44(17-15-43)31(48)27(39-6)29(47)21(3)37-4)32(49)45(42-30(40-7)22-10-9-11-22)19-26(46)41-25-13-12-23(18-20(25)2)33(34,35)36/h12-13,18,22,38-39,47H,7-11,14-17,19H2,1-6H3,(H,41,46)/b28-24+,29-27+,37-21?,42-30-. The summed E-state index contributed by atoms with van der Waals surface area (Å²) >= 11 is 0. The lowest BCUT2D eigenvalue weighted by Crippen LogP contribution is -2.52. The fraction of sp³-hybridized carbons (Fsp3) is 0.515. The van der Waals surface area contributed by atoms with Crippen molar-refractivity contribution in [2.45, 2.75) is 52.6 Å². The van der Waals surface area contributed by atoms with Crippen LogP contribution < -0.4 is 16.0 Å². The number of alkyl halides is 3. The maximum Gasteiger partial charge on any atom is 0.416 e. The van der Waals surface area contributed by atoms with Crippen LogP contribution in [0, 0.1) is 12.8 Å². The summed E-state index contributed by atoms with van der Waals surface area (Å²) in [5.41, 5.74) is 0.637. The molecule has 0 bridgehead atoms. The fourth-order valence-electron chi connectivity index (χ4n) is 5.44. The van der Waals surface area contributed by atoms with E-state index < -0.39 is 36.0 Å². The fourth-order valence-corrected chi connectivity index (χ4v) is 5.44. The molecule has 0 spiro atoms. The Kier molecular flexibility index (Phi) is 13.4. The first-order valence-electron chi connectivity index (χ1n) is 16.0. The van der Waals surface area contributed by atoms with Gasteiger partial charge >= 0.3 is 6.18 Å². The molecule has 13 nitrogen and oxygen atoms in total. The molecule has 1 aromatic rings. The molecule has 16 heteroatoms. The van der Waals surface area contributed by atoms with Crippen LogP contribution in [0.2, 0.25) is 0 Å². The van der Waals surface area contributed by atoms with Gasteiger partial charge in [-0.25, -0.2) is 10.0 Å². The van der Waals surface area contributed by atoms with Crippen LogP contribution in [0.15, 0.2) is 56.1 Å². The van der Waals surface area contributed by atoms with Crippen LogP contribution in [0.1, 0.15) is 50.7 Å². The van der Waals surface area contributed by atoms with Crippen molar-refractivity contribution in [3.8, 4) is 0 Å². The molecule has 1 saturated heterocycles. The molecule has 49 heavy (non-hydrogen) atoms. The van der Waals surface area contributed by atoms with Crippen LogP contribution in [0.5, 0.6) is 0 Å². The van der Waals surface area contributed by atoms with Gasteiger partial charge in [0, 0.05) is 64.6 Å². The number of benzene rings is 1. The Morgan fingerprint density at radius 1 is 1.08 bits per heavy atom. The minimum absolute atomic E-state index is 0.00289. The van der Waals surface area contributed by atoms with E-state index in [0.29, 0.717) is 23.7 Å². The van der Waals surface area contributed by atoms with E-state index in [-0.39, 0.29) is 60.5 Å². The number of likely N-dealkylation sites (N-methyl/N-ethyl adjacent to an activating group) is 1. The van der Waals surface area contributed by atoms with E-state index in [1.807, 2.05) is 11.8 Å². The maximum atomic E-state index is 14.4. The molecule has 4 N–H and O–H groups in total. The first-order valence-corrected chi connectivity index (χ1v) is 16.0. The number of anilines is 1.